The molecule has 2 aromatic rings. The van der Waals surface area contributed by atoms with Crippen molar-refractivity contribution in [1.82, 2.24) is 0 Å². The number of fused-ring (bicyclic) bond motifs is 1. The molecular formula is C9H6Cl2OS. The third-order valence-corrected chi connectivity index (χ3v) is 3.82. The minimum atomic E-state index is 0.0275. The van der Waals surface area contributed by atoms with E-state index in [4.69, 9.17) is 28.3 Å². The Morgan fingerprint density at radius 2 is 2.08 bits per heavy atom. The van der Waals surface area contributed by atoms with E-state index in [1.807, 2.05) is 18.2 Å². The Kier molecular flexibility index (Phi) is 2.47. The smallest absolute Gasteiger partial charge is 0.113 e. The van der Waals surface area contributed by atoms with Crippen LogP contribution in [0.4, 0.5) is 0 Å². The Hall–Kier alpha value is -0.280. The number of benzene rings is 1. The molecule has 0 saturated heterocycles. The highest BCUT2D eigenvalue weighted by Gasteiger charge is 2.08. The maximum Gasteiger partial charge on any atom is 0.113 e. The van der Waals surface area contributed by atoms with Crippen LogP contribution in [-0.4, -0.2) is 5.11 Å². The highest BCUT2D eigenvalue weighted by atomic mass is 35.5. The van der Waals surface area contributed by atoms with Crippen LogP contribution in [0, 0.1) is 0 Å². The second kappa shape index (κ2) is 3.46. The fourth-order valence-corrected chi connectivity index (χ4v) is 2.66. The topological polar surface area (TPSA) is 20.2 Å². The van der Waals surface area contributed by atoms with Crippen LogP contribution in [-0.2, 0) is 6.61 Å². The van der Waals surface area contributed by atoms with E-state index < -0.39 is 0 Å². The standard InChI is InChI=1S/C9H6Cl2OS/c10-8-6-3-5(4-12)1-2-7(6)13-9(8)11/h1-3,12H,4H2. The number of hydrogen-bond acceptors (Lipinski definition) is 2. The molecule has 2 rings (SSSR count). The number of hydrogen-bond donors (Lipinski definition) is 1. The summed E-state index contributed by atoms with van der Waals surface area (Å²) in [5.74, 6) is 0. The van der Waals surface area contributed by atoms with Gasteiger partial charge in [-0.15, -0.1) is 11.3 Å². The van der Waals surface area contributed by atoms with Crippen LogP contribution in [0.3, 0.4) is 0 Å². The first-order valence-corrected chi connectivity index (χ1v) is 5.27. The summed E-state index contributed by atoms with van der Waals surface area (Å²) in [5.41, 5.74) is 0.851. The van der Waals surface area contributed by atoms with E-state index in [1.165, 1.54) is 11.3 Å². The molecule has 1 aromatic heterocycles. The molecule has 4 heteroatoms. The lowest BCUT2D eigenvalue weighted by molar-refractivity contribution is 0.282. The molecule has 1 nitrogen and oxygen atoms in total. The monoisotopic (exact) mass is 232 g/mol. The zero-order valence-corrected chi connectivity index (χ0v) is 8.88. The van der Waals surface area contributed by atoms with E-state index in [0.29, 0.717) is 9.36 Å². The molecule has 1 heterocycles. The van der Waals surface area contributed by atoms with Crippen molar-refractivity contribution in [2.24, 2.45) is 0 Å². The van der Waals surface area contributed by atoms with Crippen LogP contribution in [0.5, 0.6) is 0 Å². The first-order valence-electron chi connectivity index (χ1n) is 3.69. The van der Waals surface area contributed by atoms with E-state index in [2.05, 4.69) is 0 Å². The molecule has 0 amide bonds. The van der Waals surface area contributed by atoms with Gasteiger partial charge in [0, 0.05) is 10.1 Å². The predicted molar refractivity (Wildman–Crippen MR) is 57.8 cm³/mol. The number of halogens is 2. The van der Waals surface area contributed by atoms with Crippen molar-refractivity contribution in [3.8, 4) is 0 Å². The van der Waals surface area contributed by atoms with Crippen LogP contribution in [0.15, 0.2) is 18.2 Å². The highest BCUT2D eigenvalue weighted by Crippen LogP contribution is 2.39. The van der Waals surface area contributed by atoms with Gasteiger partial charge in [-0.25, -0.2) is 0 Å². The summed E-state index contributed by atoms with van der Waals surface area (Å²) in [5, 5.41) is 10.4. The van der Waals surface area contributed by atoms with E-state index in [1.54, 1.807) is 0 Å². The second-order valence-corrected chi connectivity index (χ2v) is 4.71. The van der Waals surface area contributed by atoms with Gasteiger partial charge in [0.1, 0.15) is 4.34 Å². The zero-order chi connectivity index (χ0) is 9.42. The molecule has 1 N–H and O–H groups in total. The molecule has 0 aliphatic heterocycles. The quantitative estimate of drug-likeness (QED) is 0.796. The largest absolute Gasteiger partial charge is 0.392 e. The molecule has 0 bridgehead atoms. The van der Waals surface area contributed by atoms with Crippen molar-refractivity contribution in [2.45, 2.75) is 6.61 Å². The molecule has 1 aromatic carbocycles. The van der Waals surface area contributed by atoms with Gasteiger partial charge in [0.05, 0.1) is 11.6 Å². The molecule has 0 aliphatic carbocycles. The van der Waals surface area contributed by atoms with Crippen molar-refractivity contribution >= 4 is 44.6 Å². The van der Waals surface area contributed by atoms with Gasteiger partial charge in [0.15, 0.2) is 0 Å². The number of rotatable bonds is 1. The summed E-state index contributed by atoms with van der Waals surface area (Å²) in [6, 6.07) is 5.65. The summed E-state index contributed by atoms with van der Waals surface area (Å²) >= 11 is 13.3. The van der Waals surface area contributed by atoms with E-state index in [0.717, 1.165) is 15.6 Å². The SMILES string of the molecule is OCc1ccc2sc(Cl)c(Cl)c2c1. The van der Waals surface area contributed by atoms with Crippen molar-refractivity contribution < 1.29 is 5.11 Å². The van der Waals surface area contributed by atoms with Crippen molar-refractivity contribution in [2.75, 3.05) is 0 Å². The second-order valence-electron chi connectivity index (χ2n) is 2.68. The Balaban J connectivity index is 2.75. The lowest BCUT2D eigenvalue weighted by Crippen LogP contribution is -1.80. The molecule has 0 fully saturated rings. The summed E-state index contributed by atoms with van der Waals surface area (Å²) in [6.07, 6.45) is 0. The fourth-order valence-electron chi connectivity index (χ4n) is 1.18. The maximum atomic E-state index is 8.92. The van der Waals surface area contributed by atoms with Gasteiger partial charge in [-0.1, -0.05) is 29.3 Å². The molecule has 0 radical (unpaired) electrons. The van der Waals surface area contributed by atoms with Gasteiger partial charge in [0.25, 0.3) is 0 Å². The molecule has 0 spiro atoms. The van der Waals surface area contributed by atoms with Crippen LogP contribution in [0.1, 0.15) is 5.56 Å². The minimum absolute atomic E-state index is 0.0275. The van der Waals surface area contributed by atoms with Crippen molar-refractivity contribution in [3.05, 3.63) is 33.1 Å². The highest BCUT2D eigenvalue weighted by molar-refractivity contribution is 7.23. The normalized spacial score (nSPS) is 11.0. The Bertz CT molecular complexity index is 450. The Morgan fingerprint density at radius 3 is 2.77 bits per heavy atom. The summed E-state index contributed by atoms with van der Waals surface area (Å²) in [4.78, 5) is 0. The predicted octanol–water partition coefficient (Wildman–Crippen LogP) is 3.70. The van der Waals surface area contributed by atoms with E-state index in [-0.39, 0.29) is 6.61 Å². The molecule has 0 unspecified atom stereocenters. The van der Waals surface area contributed by atoms with Crippen LogP contribution in [0.2, 0.25) is 9.36 Å². The molecule has 13 heavy (non-hydrogen) atoms. The summed E-state index contributed by atoms with van der Waals surface area (Å²) in [6.45, 7) is 0.0275. The van der Waals surface area contributed by atoms with Gasteiger partial charge in [0.2, 0.25) is 0 Å². The maximum absolute atomic E-state index is 8.92. The van der Waals surface area contributed by atoms with Crippen LogP contribution in [0.25, 0.3) is 10.1 Å². The zero-order valence-electron chi connectivity index (χ0n) is 6.55. The average molecular weight is 233 g/mol. The molecule has 0 atom stereocenters. The van der Waals surface area contributed by atoms with E-state index in [9.17, 15) is 0 Å². The lowest BCUT2D eigenvalue weighted by atomic mass is 10.2. The fraction of sp³-hybridized carbons (Fsp3) is 0.111. The third-order valence-electron chi connectivity index (χ3n) is 1.84. The van der Waals surface area contributed by atoms with Gasteiger partial charge in [-0.05, 0) is 17.7 Å². The average Bonchev–Trinajstić information content (AvgIpc) is 2.43. The van der Waals surface area contributed by atoms with Crippen molar-refractivity contribution in [3.63, 3.8) is 0 Å². The minimum Gasteiger partial charge on any atom is -0.392 e. The summed E-state index contributed by atoms with van der Waals surface area (Å²) in [7, 11) is 0. The van der Waals surface area contributed by atoms with Crippen molar-refractivity contribution in [1.29, 1.82) is 0 Å². The van der Waals surface area contributed by atoms with Gasteiger partial charge in [-0.2, -0.15) is 0 Å². The van der Waals surface area contributed by atoms with Crippen LogP contribution < -0.4 is 0 Å². The molecule has 0 aliphatic rings. The summed E-state index contributed by atoms with van der Waals surface area (Å²) < 4.78 is 1.65. The van der Waals surface area contributed by atoms with Gasteiger partial charge >= 0.3 is 0 Å². The van der Waals surface area contributed by atoms with E-state index >= 15 is 0 Å². The first-order chi connectivity index (χ1) is 6.22. The first kappa shape index (κ1) is 9.28. The van der Waals surface area contributed by atoms with Gasteiger partial charge in [-0.3, -0.25) is 0 Å². The van der Waals surface area contributed by atoms with Crippen LogP contribution >= 0.6 is 34.5 Å². The molecule has 68 valence electrons. The molecular weight excluding hydrogens is 227 g/mol. The van der Waals surface area contributed by atoms with Gasteiger partial charge < -0.3 is 5.11 Å². The Morgan fingerprint density at radius 1 is 1.31 bits per heavy atom. The third kappa shape index (κ3) is 1.55. The Labute approximate surface area is 89.5 Å². The number of aliphatic hydroxyl groups excluding tert-OH is 1. The number of thiophene rings is 1. The molecule has 0 saturated carbocycles. The number of aliphatic hydroxyl groups is 1. The lowest BCUT2D eigenvalue weighted by Gasteiger charge is -1.95.